The van der Waals surface area contributed by atoms with E-state index < -0.39 is 55.4 Å². The van der Waals surface area contributed by atoms with E-state index in [-0.39, 0.29) is 36.5 Å². The zero-order valence-electron chi connectivity index (χ0n) is 23.8. The number of hydrogen-bond donors (Lipinski definition) is 3. The summed E-state index contributed by atoms with van der Waals surface area (Å²) >= 11 is 0. The average Bonchev–Trinajstić information content (AvgIpc) is 2.93. The van der Waals surface area contributed by atoms with Crippen molar-refractivity contribution in [2.75, 3.05) is 19.6 Å². The minimum atomic E-state index is -4.69. The SMILES string of the molecule is O=C(NC1CCCCC1)NC1CCN(C(C(=O)NCC2CC(C(F)(F)F)CC(C(F)(F)F)C2)C2CCCCC2)CC1. The van der Waals surface area contributed by atoms with Gasteiger partial charge in [-0.25, -0.2) is 4.79 Å². The van der Waals surface area contributed by atoms with Gasteiger partial charge in [-0.1, -0.05) is 38.5 Å². The van der Waals surface area contributed by atoms with Gasteiger partial charge in [-0.2, -0.15) is 26.3 Å². The lowest BCUT2D eigenvalue weighted by Gasteiger charge is -2.42. The average molecular weight is 597 g/mol. The monoisotopic (exact) mass is 596 g/mol. The predicted octanol–water partition coefficient (Wildman–Crippen LogP) is 6.30. The molecule has 4 fully saturated rings. The zero-order valence-corrected chi connectivity index (χ0v) is 23.8. The summed E-state index contributed by atoms with van der Waals surface area (Å²) in [5.41, 5.74) is 0. The van der Waals surface area contributed by atoms with Gasteiger partial charge in [0.2, 0.25) is 5.91 Å². The topological polar surface area (TPSA) is 73.5 Å². The summed E-state index contributed by atoms with van der Waals surface area (Å²) in [4.78, 5) is 28.2. The van der Waals surface area contributed by atoms with Crippen LogP contribution in [0, 0.1) is 23.7 Å². The zero-order chi connectivity index (χ0) is 29.6. The number of halogens is 6. The molecule has 3 saturated carbocycles. The van der Waals surface area contributed by atoms with Crippen LogP contribution in [0.2, 0.25) is 0 Å². The lowest BCUT2D eigenvalue weighted by molar-refractivity contribution is -0.228. The first-order valence-corrected chi connectivity index (χ1v) is 15.6. The molecule has 0 aromatic rings. The van der Waals surface area contributed by atoms with Crippen LogP contribution in [0.1, 0.15) is 96.3 Å². The second-order valence-electron chi connectivity index (χ2n) is 12.9. The van der Waals surface area contributed by atoms with Crippen molar-refractivity contribution in [1.82, 2.24) is 20.9 Å². The van der Waals surface area contributed by atoms with E-state index >= 15 is 0 Å². The Morgan fingerprint density at radius 3 is 1.68 bits per heavy atom. The highest BCUT2D eigenvalue weighted by Gasteiger charge is 2.52. The fraction of sp³-hybridized carbons (Fsp3) is 0.931. The van der Waals surface area contributed by atoms with Gasteiger partial charge in [0, 0.05) is 31.7 Å². The third-order valence-electron chi connectivity index (χ3n) is 9.86. The Balaban J connectivity index is 1.32. The van der Waals surface area contributed by atoms with E-state index in [1.807, 2.05) is 0 Å². The number of amides is 3. The molecule has 3 N–H and O–H groups in total. The molecule has 41 heavy (non-hydrogen) atoms. The summed E-state index contributed by atoms with van der Waals surface area (Å²) in [6.07, 6.45) is 0.514. The number of alkyl halides is 6. The van der Waals surface area contributed by atoms with Crippen molar-refractivity contribution in [2.24, 2.45) is 23.7 Å². The molecule has 0 aromatic carbocycles. The van der Waals surface area contributed by atoms with E-state index in [1.165, 1.54) is 6.42 Å². The van der Waals surface area contributed by atoms with Crippen molar-refractivity contribution < 1.29 is 35.9 Å². The van der Waals surface area contributed by atoms with Gasteiger partial charge >= 0.3 is 18.4 Å². The first kappa shape index (κ1) is 32.2. The van der Waals surface area contributed by atoms with Crippen molar-refractivity contribution in [3.05, 3.63) is 0 Å². The lowest BCUT2D eigenvalue weighted by Crippen LogP contribution is -2.57. The standard InChI is InChI=1S/C29H46F6N4O2/c30-28(31,32)21-15-19(16-22(17-21)29(33,34)35)18-36-26(40)25(20-7-3-1-4-8-20)39-13-11-24(12-14-39)38-27(41)37-23-9-5-2-6-10-23/h19-25H,1-18H2,(H,36,40)(H2,37,38,41). The van der Waals surface area contributed by atoms with Gasteiger partial charge in [0.1, 0.15) is 0 Å². The largest absolute Gasteiger partial charge is 0.391 e. The summed E-state index contributed by atoms with van der Waals surface area (Å²) in [6.45, 7) is 1.01. The van der Waals surface area contributed by atoms with Gasteiger partial charge < -0.3 is 16.0 Å². The molecule has 3 unspecified atom stereocenters. The van der Waals surface area contributed by atoms with Gasteiger partial charge in [0.05, 0.1) is 17.9 Å². The second kappa shape index (κ2) is 14.2. The number of carbonyl (C=O) groups excluding carboxylic acids is 2. The number of nitrogens with zero attached hydrogens (tertiary/aromatic N) is 1. The van der Waals surface area contributed by atoms with Crippen molar-refractivity contribution in [3.63, 3.8) is 0 Å². The second-order valence-corrected chi connectivity index (χ2v) is 12.9. The van der Waals surface area contributed by atoms with Gasteiger partial charge in [-0.3, -0.25) is 9.69 Å². The van der Waals surface area contributed by atoms with Crippen molar-refractivity contribution >= 4 is 11.9 Å². The van der Waals surface area contributed by atoms with E-state index in [4.69, 9.17) is 0 Å². The van der Waals surface area contributed by atoms with Crippen LogP contribution < -0.4 is 16.0 Å². The molecule has 1 saturated heterocycles. The summed E-state index contributed by atoms with van der Waals surface area (Å²) in [5, 5.41) is 8.93. The Morgan fingerprint density at radius 2 is 1.17 bits per heavy atom. The van der Waals surface area contributed by atoms with Crippen LogP contribution in [-0.2, 0) is 4.79 Å². The maximum absolute atomic E-state index is 13.5. The van der Waals surface area contributed by atoms with E-state index in [2.05, 4.69) is 20.9 Å². The molecule has 0 aromatic heterocycles. The molecule has 12 heteroatoms. The molecule has 3 amide bonds. The molecule has 0 bridgehead atoms. The first-order valence-electron chi connectivity index (χ1n) is 15.6. The van der Waals surface area contributed by atoms with Gasteiger partial charge in [-0.15, -0.1) is 0 Å². The van der Waals surface area contributed by atoms with Crippen molar-refractivity contribution in [1.29, 1.82) is 0 Å². The van der Waals surface area contributed by atoms with E-state index in [1.54, 1.807) is 0 Å². The Morgan fingerprint density at radius 1 is 0.683 bits per heavy atom. The summed E-state index contributed by atoms with van der Waals surface area (Å²) in [5.74, 6) is -5.10. The third kappa shape index (κ3) is 9.38. The van der Waals surface area contributed by atoms with Crippen molar-refractivity contribution in [2.45, 2.75) is 127 Å². The van der Waals surface area contributed by atoms with Crippen LogP contribution in [-0.4, -0.2) is 67.0 Å². The Hall–Kier alpha value is -1.72. The van der Waals surface area contributed by atoms with Crippen LogP contribution in [0.3, 0.4) is 0 Å². The third-order valence-corrected chi connectivity index (χ3v) is 9.86. The number of urea groups is 1. The summed E-state index contributed by atoms with van der Waals surface area (Å²) < 4.78 is 80.6. The molecule has 4 rings (SSSR count). The molecule has 6 nitrogen and oxygen atoms in total. The smallest absolute Gasteiger partial charge is 0.354 e. The maximum Gasteiger partial charge on any atom is 0.391 e. The predicted molar refractivity (Wildman–Crippen MR) is 143 cm³/mol. The van der Waals surface area contributed by atoms with E-state index in [0.717, 1.165) is 57.8 Å². The van der Waals surface area contributed by atoms with Gasteiger partial charge in [-0.05, 0) is 69.6 Å². The van der Waals surface area contributed by atoms with Crippen LogP contribution in [0.4, 0.5) is 31.1 Å². The molecule has 236 valence electrons. The minimum Gasteiger partial charge on any atom is -0.354 e. The maximum atomic E-state index is 13.5. The summed E-state index contributed by atoms with van der Waals surface area (Å²) in [7, 11) is 0. The normalized spacial score (nSPS) is 29.1. The van der Waals surface area contributed by atoms with Gasteiger partial charge in [0.15, 0.2) is 0 Å². The number of rotatable bonds is 7. The van der Waals surface area contributed by atoms with Crippen LogP contribution in [0.5, 0.6) is 0 Å². The number of hydrogen-bond acceptors (Lipinski definition) is 3. The van der Waals surface area contributed by atoms with Gasteiger partial charge in [0.25, 0.3) is 0 Å². The molecule has 0 spiro atoms. The minimum absolute atomic E-state index is 0.00856. The van der Waals surface area contributed by atoms with Crippen LogP contribution in [0.15, 0.2) is 0 Å². The highest BCUT2D eigenvalue weighted by atomic mass is 19.4. The molecule has 0 radical (unpaired) electrons. The quantitative estimate of drug-likeness (QED) is 0.302. The summed E-state index contributed by atoms with van der Waals surface area (Å²) in [6, 6.07) is -0.414. The fourth-order valence-corrected chi connectivity index (χ4v) is 7.60. The number of nitrogens with one attached hydrogen (secondary N) is 3. The van der Waals surface area contributed by atoms with E-state index in [0.29, 0.717) is 25.9 Å². The molecule has 3 atom stereocenters. The Labute approximate surface area is 239 Å². The molecular formula is C29H46F6N4O2. The molecule has 1 aliphatic heterocycles. The Bertz CT molecular complexity index is 827. The molecule has 1 heterocycles. The fourth-order valence-electron chi connectivity index (χ4n) is 7.60. The highest BCUT2D eigenvalue weighted by molar-refractivity contribution is 5.82. The number of likely N-dealkylation sites (tertiary alicyclic amines) is 1. The number of piperidine rings is 1. The van der Waals surface area contributed by atoms with Crippen LogP contribution >= 0.6 is 0 Å². The lowest BCUT2D eigenvalue weighted by atomic mass is 9.74. The molecule has 3 aliphatic carbocycles. The van der Waals surface area contributed by atoms with Crippen LogP contribution in [0.25, 0.3) is 0 Å². The van der Waals surface area contributed by atoms with Crippen molar-refractivity contribution in [3.8, 4) is 0 Å². The first-order chi connectivity index (χ1) is 19.4. The number of carbonyl (C=O) groups is 2. The van der Waals surface area contributed by atoms with E-state index in [9.17, 15) is 35.9 Å². The highest BCUT2D eigenvalue weighted by Crippen LogP contribution is 2.47. The molecule has 4 aliphatic rings. The Kier molecular flexibility index (Phi) is 11.1. The molecular weight excluding hydrogens is 550 g/mol.